The highest BCUT2D eigenvalue weighted by molar-refractivity contribution is 5.73. The summed E-state index contributed by atoms with van der Waals surface area (Å²) in [6, 6.07) is 15.9. The Morgan fingerprint density at radius 2 is 1.68 bits per heavy atom. The van der Waals surface area contributed by atoms with Gasteiger partial charge in [-0.15, -0.1) is 0 Å². The predicted molar refractivity (Wildman–Crippen MR) is 113 cm³/mol. The third-order valence-corrected chi connectivity index (χ3v) is 4.43. The molecule has 5 heteroatoms. The summed E-state index contributed by atoms with van der Waals surface area (Å²) in [6.45, 7) is 8.29. The lowest BCUT2D eigenvalue weighted by Crippen LogP contribution is -2.37. The monoisotopic (exact) mass is 384 g/mol. The van der Waals surface area contributed by atoms with Gasteiger partial charge in [0.25, 0.3) is 0 Å². The van der Waals surface area contributed by atoms with Crippen LogP contribution in [0.4, 0.5) is 4.79 Å². The van der Waals surface area contributed by atoms with E-state index in [-0.39, 0.29) is 11.4 Å². The lowest BCUT2D eigenvalue weighted by molar-refractivity contribution is 0.239. The van der Waals surface area contributed by atoms with E-state index in [9.17, 15) is 4.79 Å². The number of nitrogens with one attached hydrogen (secondary N) is 2. The van der Waals surface area contributed by atoms with Gasteiger partial charge in [0.1, 0.15) is 11.5 Å². The summed E-state index contributed by atoms with van der Waals surface area (Å²) < 4.78 is 10.9. The zero-order chi connectivity index (χ0) is 20.4. The number of ether oxygens (including phenoxy) is 2. The third kappa shape index (κ3) is 7.51. The Morgan fingerprint density at radius 1 is 0.964 bits per heavy atom. The number of hydrogen-bond acceptors (Lipinski definition) is 3. The Hall–Kier alpha value is -2.69. The molecule has 0 aliphatic rings. The number of carbonyl (C=O) groups is 1. The zero-order valence-corrected chi connectivity index (χ0v) is 17.4. The Morgan fingerprint density at radius 3 is 2.36 bits per heavy atom. The first-order chi connectivity index (χ1) is 13.4. The van der Waals surface area contributed by atoms with Gasteiger partial charge < -0.3 is 20.1 Å². The Labute approximate surface area is 168 Å². The highest BCUT2D eigenvalue weighted by Gasteiger charge is 2.12. The van der Waals surface area contributed by atoms with Crippen LogP contribution in [-0.2, 0) is 11.8 Å². The number of carbonyl (C=O) groups excluding carboxylic acids is 1. The molecule has 5 nitrogen and oxygen atoms in total. The quantitative estimate of drug-likeness (QED) is 0.634. The lowest BCUT2D eigenvalue weighted by atomic mass is 9.87. The minimum absolute atomic E-state index is 0.141. The molecule has 0 spiro atoms. The number of methoxy groups -OCH3 is 1. The van der Waals surface area contributed by atoms with Crippen LogP contribution in [0.15, 0.2) is 48.5 Å². The summed E-state index contributed by atoms with van der Waals surface area (Å²) in [5.41, 5.74) is 2.56. The van der Waals surface area contributed by atoms with E-state index in [0.29, 0.717) is 19.7 Å². The molecule has 0 aliphatic carbocycles. The van der Waals surface area contributed by atoms with Crippen molar-refractivity contribution < 1.29 is 14.3 Å². The molecule has 2 aromatic carbocycles. The van der Waals surface area contributed by atoms with Crippen LogP contribution in [0, 0.1) is 0 Å². The van der Waals surface area contributed by atoms with Gasteiger partial charge in [0, 0.05) is 13.1 Å². The predicted octanol–water partition coefficient (Wildman–Crippen LogP) is 4.30. The molecule has 2 aromatic rings. The molecule has 0 fully saturated rings. The van der Waals surface area contributed by atoms with Crippen molar-refractivity contribution in [3.05, 3.63) is 59.7 Å². The van der Waals surface area contributed by atoms with Gasteiger partial charge in [0.2, 0.25) is 0 Å². The van der Waals surface area contributed by atoms with Crippen molar-refractivity contribution >= 4 is 6.03 Å². The fourth-order valence-electron chi connectivity index (χ4n) is 2.73. The first-order valence-corrected chi connectivity index (χ1v) is 9.76. The SMILES string of the molecule is COc1cccc(CCNC(=O)NCCCOc2ccc(C(C)(C)C)cc2)c1. The average Bonchev–Trinajstić information content (AvgIpc) is 2.67. The standard InChI is InChI=1S/C23H32N2O3/c1-23(2,3)19-9-11-20(12-10-19)28-16-6-14-24-22(26)25-15-13-18-7-5-8-21(17-18)27-4/h5,7-12,17H,6,13-16H2,1-4H3,(H2,24,25,26). The molecule has 0 bridgehead atoms. The van der Waals surface area contributed by atoms with Crippen molar-refractivity contribution in [2.24, 2.45) is 0 Å². The van der Waals surface area contributed by atoms with Crippen molar-refractivity contribution in [3.63, 3.8) is 0 Å². The van der Waals surface area contributed by atoms with E-state index in [1.54, 1.807) is 7.11 Å². The van der Waals surface area contributed by atoms with Crippen LogP contribution in [-0.4, -0.2) is 32.8 Å². The van der Waals surface area contributed by atoms with E-state index in [2.05, 4.69) is 43.5 Å². The van der Waals surface area contributed by atoms with Gasteiger partial charge in [-0.05, 0) is 53.6 Å². The molecule has 0 atom stereocenters. The molecule has 28 heavy (non-hydrogen) atoms. The smallest absolute Gasteiger partial charge is 0.314 e. The van der Waals surface area contributed by atoms with Crippen molar-refractivity contribution in [2.45, 2.75) is 39.0 Å². The minimum Gasteiger partial charge on any atom is -0.497 e. The van der Waals surface area contributed by atoms with Gasteiger partial charge >= 0.3 is 6.03 Å². The fraction of sp³-hybridized carbons (Fsp3) is 0.435. The molecule has 0 aromatic heterocycles. The number of rotatable bonds is 9. The fourth-order valence-corrected chi connectivity index (χ4v) is 2.73. The number of hydrogen-bond donors (Lipinski definition) is 2. The molecule has 2 rings (SSSR count). The third-order valence-electron chi connectivity index (χ3n) is 4.43. The topological polar surface area (TPSA) is 59.6 Å². The molecule has 0 radical (unpaired) electrons. The lowest BCUT2D eigenvalue weighted by Gasteiger charge is -2.19. The molecule has 2 N–H and O–H groups in total. The Bertz CT molecular complexity index is 736. The highest BCUT2D eigenvalue weighted by Crippen LogP contribution is 2.24. The minimum atomic E-state index is -0.155. The van der Waals surface area contributed by atoms with Gasteiger partial charge in [0.15, 0.2) is 0 Å². The second kappa shape index (κ2) is 10.6. The highest BCUT2D eigenvalue weighted by atomic mass is 16.5. The van der Waals surface area contributed by atoms with Crippen LogP contribution in [0.5, 0.6) is 11.5 Å². The van der Waals surface area contributed by atoms with Gasteiger partial charge in [-0.3, -0.25) is 0 Å². The molecule has 0 saturated heterocycles. The zero-order valence-electron chi connectivity index (χ0n) is 17.4. The van der Waals surface area contributed by atoms with Crippen LogP contribution in [0.1, 0.15) is 38.3 Å². The van der Waals surface area contributed by atoms with E-state index in [4.69, 9.17) is 9.47 Å². The Balaban J connectivity index is 1.57. The molecule has 0 unspecified atom stereocenters. The van der Waals surface area contributed by atoms with Crippen molar-refractivity contribution in [1.82, 2.24) is 10.6 Å². The largest absolute Gasteiger partial charge is 0.497 e. The van der Waals surface area contributed by atoms with Gasteiger partial charge in [-0.25, -0.2) is 4.79 Å². The maximum absolute atomic E-state index is 11.8. The van der Waals surface area contributed by atoms with Crippen molar-refractivity contribution in [3.8, 4) is 11.5 Å². The van der Waals surface area contributed by atoms with E-state index < -0.39 is 0 Å². The molecule has 0 aliphatic heterocycles. The summed E-state index contributed by atoms with van der Waals surface area (Å²) in [7, 11) is 1.65. The van der Waals surface area contributed by atoms with E-state index in [1.165, 1.54) is 5.56 Å². The second-order valence-electron chi connectivity index (χ2n) is 7.76. The second-order valence-corrected chi connectivity index (χ2v) is 7.76. The van der Waals surface area contributed by atoms with Crippen LogP contribution in [0.25, 0.3) is 0 Å². The molecule has 152 valence electrons. The van der Waals surface area contributed by atoms with Crippen molar-refractivity contribution in [1.29, 1.82) is 0 Å². The molecule has 0 heterocycles. The number of benzene rings is 2. The molecule has 0 saturated carbocycles. The summed E-state index contributed by atoms with van der Waals surface area (Å²) >= 11 is 0. The van der Waals surface area contributed by atoms with Gasteiger partial charge in [0.05, 0.1) is 13.7 Å². The summed E-state index contributed by atoms with van der Waals surface area (Å²) in [4.78, 5) is 11.8. The summed E-state index contributed by atoms with van der Waals surface area (Å²) in [5, 5.41) is 5.72. The van der Waals surface area contributed by atoms with Crippen LogP contribution in [0.3, 0.4) is 0 Å². The van der Waals surface area contributed by atoms with Gasteiger partial charge in [-0.2, -0.15) is 0 Å². The van der Waals surface area contributed by atoms with E-state index in [1.807, 2.05) is 36.4 Å². The van der Waals surface area contributed by atoms with E-state index in [0.717, 1.165) is 29.9 Å². The van der Waals surface area contributed by atoms with E-state index >= 15 is 0 Å². The van der Waals surface area contributed by atoms with Crippen LogP contribution < -0.4 is 20.1 Å². The molecule has 2 amide bonds. The number of urea groups is 1. The Kier molecular flexibility index (Phi) is 8.18. The number of amides is 2. The summed E-state index contributed by atoms with van der Waals surface area (Å²) in [6.07, 6.45) is 1.52. The average molecular weight is 385 g/mol. The maximum atomic E-state index is 11.8. The first-order valence-electron chi connectivity index (χ1n) is 9.76. The maximum Gasteiger partial charge on any atom is 0.314 e. The normalized spacial score (nSPS) is 11.0. The van der Waals surface area contributed by atoms with Crippen LogP contribution in [0.2, 0.25) is 0 Å². The summed E-state index contributed by atoms with van der Waals surface area (Å²) in [5.74, 6) is 1.69. The van der Waals surface area contributed by atoms with Crippen molar-refractivity contribution in [2.75, 3.05) is 26.8 Å². The van der Waals surface area contributed by atoms with Crippen LogP contribution >= 0.6 is 0 Å². The molecular formula is C23H32N2O3. The van der Waals surface area contributed by atoms with Gasteiger partial charge in [-0.1, -0.05) is 45.0 Å². The molecular weight excluding hydrogens is 352 g/mol. The first kappa shape index (κ1) is 21.6.